The van der Waals surface area contributed by atoms with Crippen molar-refractivity contribution in [2.24, 2.45) is 5.73 Å². The van der Waals surface area contributed by atoms with E-state index in [1.165, 1.54) is 18.3 Å². The van der Waals surface area contributed by atoms with Crippen molar-refractivity contribution in [3.63, 3.8) is 0 Å². The fourth-order valence-electron chi connectivity index (χ4n) is 3.67. The van der Waals surface area contributed by atoms with Gasteiger partial charge in [-0.2, -0.15) is 0 Å². The first-order valence-corrected chi connectivity index (χ1v) is 9.38. The van der Waals surface area contributed by atoms with Gasteiger partial charge in [0, 0.05) is 31.4 Å². The Morgan fingerprint density at radius 2 is 2.10 bits per heavy atom. The zero-order valence-corrected chi connectivity index (χ0v) is 15.9. The molecule has 2 aromatic heterocycles. The molecule has 150 valence electrons. The van der Waals surface area contributed by atoms with E-state index in [0.717, 1.165) is 18.7 Å². The van der Waals surface area contributed by atoms with Crippen LogP contribution < -0.4 is 26.2 Å². The van der Waals surface area contributed by atoms with Crippen LogP contribution in [0.3, 0.4) is 0 Å². The number of nitrogens with one attached hydrogen (secondary N) is 2. The minimum atomic E-state index is -0.606. The van der Waals surface area contributed by atoms with E-state index in [-0.39, 0.29) is 29.0 Å². The molecule has 0 spiro atoms. The Bertz CT molecular complexity index is 994. The molecule has 2 aromatic rings. The third-order valence-electron chi connectivity index (χ3n) is 5.02. The van der Waals surface area contributed by atoms with Gasteiger partial charge in [-0.25, -0.2) is 14.8 Å². The average Bonchev–Trinajstić information content (AvgIpc) is 3.12. The molecule has 1 unspecified atom stereocenters. The number of nitrogens with zero attached hydrogens (tertiary/aromatic N) is 4. The van der Waals surface area contributed by atoms with Gasteiger partial charge in [0.2, 0.25) is 5.91 Å². The van der Waals surface area contributed by atoms with E-state index in [9.17, 15) is 14.4 Å². The van der Waals surface area contributed by atoms with E-state index in [1.807, 2.05) is 13.0 Å². The molecule has 4 rings (SSSR count). The number of aromatic nitrogens is 2. The van der Waals surface area contributed by atoms with Gasteiger partial charge in [0.15, 0.2) is 5.82 Å². The molecule has 4 heterocycles. The quantitative estimate of drug-likeness (QED) is 0.706. The predicted octanol–water partition coefficient (Wildman–Crippen LogP) is 0.956. The first-order valence-electron chi connectivity index (χ1n) is 9.38. The summed E-state index contributed by atoms with van der Waals surface area (Å²) in [6, 6.07) is 5.89. The lowest BCUT2D eigenvalue weighted by atomic mass is 10.1. The molecular weight excluding hydrogens is 374 g/mol. The lowest BCUT2D eigenvalue weighted by Crippen LogP contribution is -2.48. The highest BCUT2D eigenvalue weighted by atomic mass is 16.2. The van der Waals surface area contributed by atoms with Gasteiger partial charge in [-0.15, -0.1) is 0 Å². The van der Waals surface area contributed by atoms with E-state index in [0.29, 0.717) is 18.9 Å². The van der Waals surface area contributed by atoms with Crippen LogP contribution in [0.2, 0.25) is 0 Å². The van der Waals surface area contributed by atoms with Gasteiger partial charge in [0.25, 0.3) is 5.91 Å². The summed E-state index contributed by atoms with van der Waals surface area (Å²) in [6.45, 7) is 3.81. The van der Waals surface area contributed by atoms with E-state index in [2.05, 4.69) is 25.5 Å². The zero-order valence-electron chi connectivity index (χ0n) is 15.9. The van der Waals surface area contributed by atoms with Crippen LogP contribution in [0, 0.1) is 0 Å². The molecule has 2 aliphatic rings. The van der Waals surface area contributed by atoms with Crippen LogP contribution in [-0.4, -0.2) is 53.5 Å². The standard InChI is InChI=1S/C19H21N7O3/c1-2-21-18(28)13-3-4-14-17(23-13)26(12-6-8-25(14)10-12)19(29)24-15-9-11(16(20)27)5-7-22-15/h3-5,7,9,12H,2,6,8,10H2,1H3,(H2,20,27)(H,21,28)(H,22,24,29). The first-order chi connectivity index (χ1) is 14.0. The van der Waals surface area contributed by atoms with E-state index in [1.54, 1.807) is 11.0 Å². The van der Waals surface area contributed by atoms with Crippen LogP contribution in [0.25, 0.3) is 0 Å². The maximum Gasteiger partial charge on any atom is 0.329 e. The summed E-state index contributed by atoms with van der Waals surface area (Å²) >= 11 is 0. The number of primary amides is 1. The smallest absolute Gasteiger partial charge is 0.329 e. The van der Waals surface area contributed by atoms with Gasteiger partial charge in [-0.1, -0.05) is 0 Å². The highest BCUT2D eigenvalue weighted by Gasteiger charge is 2.40. The molecule has 1 fully saturated rings. The summed E-state index contributed by atoms with van der Waals surface area (Å²) in [7, 11) is 0. The minimum Gasteiger partial charge on any atom is -0.366 e. The van der Waals surface area contributed by atoms with E-state index >= 15 is 0 Å². The Labute approximate surface area is 167 Å². The normalized spacial score (nSPS) is 16.9. The van der Waals surface area contributed by atoms with Crippen molar-refractivity contribution in [1.29, 1.82) is 0 Å². The SMILES string of the molecule is CCNC(=O)c1ccc2c(n1)N(C(=O)Nc1cc(C(N)=O)ccn1)C1CCN2C1. The summed E-state index contributed by atoms with van der Waals surface area (Å²) in [5.74, 6) is -0.246. The molecule has 1 saturated heterocycles. The highest BCUT2D eigenvalue weighted by Crippen LogP contribution is 2.39. The molecule has 0 aliphatic carbocycles. The van der Waals surface area contributed by atoms with Crippen LogP contribution in [0.5, 0.6) is 0 Å². The number of hydrogen-bond donors (Lipinski definition) is 3. The molecule has 10 heteroatoms. The van der Waals surface area contributed by atoms with Crippen LogP contribution in [0.4, 0.5) is 22.1 Å². The third-order valence-corrected chi connectivity index (χ3v) is 5.02. The molecule has 4 amide bonds. The lowest BCUT2D eigenvalue weighted by molar-refractivity contribution is 0.0949. The molecule has 0 radical (unpaired) electrons. The van der Waals surface area contributed by atoms with Crippen molar-refractivity contribution in [2.75, 3.05) is 34.8 Å². The average molecular weight is 395 g/mol. The second-order valence-electron chi connectivity index (χ2n) is 6.88. The zero-order chi connectivity index (χ0) is 20.5. The number of nitrogens with two attached hydrogens (primary N) is 1. The minimum absolute atomic E-state index is 0.0705. The van der Waals surface area contributed by atoms with Crippen molar-refractivity contribution >= 4 is 35.2 Å². The van der Waals surface area contributed by atoms with Gasteiger partial charge >= 0.3 is 6.03 Å². The van der Waals surface area contributed by atoms with Gasteiger partial charge in [-0.05, 0) is 37.6 Å². The second-order valence-corrected chi connectivity index (χ2v) is 6.88. The highest BCUT2D eigenvalue weighted by molar-refractivity contribution is 6.05. The van der Waals surface area contributed by atoms with Crippen LogP contribution in [0.15, 0.2) is 30.5 Å². The maximum atomic E-state index is 13.1. The summed E-state index contributed by atoms with van der Waals surface area (Å²) in [5.41, 5.74) is 6.60. The third kappa shape index (κ3) is 3.44. The van der Waals surface area contributed by atoms with Crippen LogP contribution >= 0.6 is 0 Å². The molecule has 2 aliphatic heterocycles. The first kappa shape index (κ1) is 18.7. The Hall–Kier alpha value is -3.69. The summed E-state index contributed by atoms with van der Waals surface area (Å²) < 4.78 is 0. The van der Waals surface area contributed by atoms with Gasteiger partial charge < -0.3 is 16.0 Å². The number of carbonyl (C=O) groups excluding carboxylic acids is 3. The fraction of sp³-hybridized carbons (Fsp3) is 0.316. The number of urea groups is 1. The maximum absolute atomic E-state index is 13.1. The Kier molecular flexibility index (Phi) is 4.75. The number of fused-ring (bicyclic) bond motifs is 4. The number of hydrogen-bond acceptors (Lipinski definition) is 6. The molecule has 10 nitrogen and oxygen atoms in total. The van der Waals surface area contributed by atoms with E-state index in [4.69, 9.17) is 5.73 Å². The molecule has 29 heavy (non-hydrogen) atoms. The number of pyridine rings is 2. The molecular formula is C19H21N7O3. The molecule has 1 atom stereocenters. The largest absolute Gasteiger partial charge is 0.366 e. The molecule has 0 aromatic carbocycles. The summed E-state index contributed by atoms with van der Waals surface area (Å²) in [5, 5.41) is 5.43. The van der Waals surface area contributed by atoms with Crippen molar-refractivity contribution < 1.29 is 14.4 Å². The predicted molar refractivity (Wildman–Crippen MR) is 107 cm³/mol. The summed E-state index contributed by atoms with van der Waals surface area (Å²) in [4.78, 5) is 49.0. The summed E-state index contributed by atoms with van der Waals surface area (Å²) in [6.07, 6.45) is 2.19. The second kappa shape index (κ2) is 7.38. The van der Waals surface area contributed by atoms with Crippen molar-refractivity contribution in [3.05, 3.63) is 41.7 Å². The Morgan fingerprint density at radius 1 is 1.28 bits per heavy atom. The van der Waals surface area contributed by atoms with Gasteiger partial charge in [0.1, 0.15) is 11.5 Å². The van der Waals surface area contributed by atoms with Crippen molar-refractivity contribution in [2.45, 2.75) is 19.4 Å². The monoisotopic (exact) mass is 395 g/mol. The Morgan fingerprint density at radius 3 is 2.86 bits per heavy atom. The number of anilines is 3. The van der Waals surface area contributed by atoms with Crippen molar-refractivity contribution in [1.82, 2.24) is 15.3 Å². The lowest BCUT2D eigenvalue weighted by Gasteiger charge is -2.35. The van der Waals surface area contributed by atoms with Gasteiger partial charge in [-0.3, -0.25) is 19.8 Å². The van der Waals surface area contributed by atoms with Crippen LogP contribution in [0.1, 0.15) is 34.2 Å². The topological polar surface area (TPSA) is 134 Å². The molecule has 2 bridgehead atoms. The Balaban J connectivity index is 1.66. The van der Waals surface area contributed by atoms with Gasteiger partial charge in [0.05, 0.1) is 11.7 Å². The van der Waals surface area contributed by atoms with Crippen LogP contribution in [-0.2, 0) is 0 Å². The molecule has 4 N–H and O–H groups in total. The number of carbonyl (C=O) groups is 3. The fourth-order valence-corrected chi connectivity index (χ4v) is 3.67. The molecule has 0 saturated carbocycles. The number of amides is 4. The number of rotatable bonds is 4. The van der Waals surface area contributed by atoms with E-state index < -0.39 is 11.9 Å². The van der Waals surface area contributed by atoms with Crippen molar-refractivity contribution in [3.8, 4) is 0 Å².